The molecule has 0 aliphatic heterocycles. The summed E-state index contributed by atoms with van der Waals surface area (Å²) in [7, 11) is -4.28. The molecule has 0 aromatic heterocycles. The number of benzene rings is 3. The highest BCUT2D eigenvalue weighted by Gasteiger charge is 2.32. The van der Waals surface area contributed by atoms with Crippen LogP contribution in [0.5, 0.6) is 5.75 Å². The number of carbonyl (C=O) groups is 2. The Hall–Kier alpha value is -3.63. The van der Waals surface area contributed by atoms with Crippen molar-refractivity contribution >= 4 is 39.1 Å². The summed E-state index contributed by atoms with van der Waals surface area (Å²) in [6, 6.07) is 16.5. The van der Waals surface area contributed by atoms with Crippen molar-refractivity contribution in [1.29, 1.82) is 0 Å². The van der Waals surface area contributed by atoms with Gasteiger partial charge in [-0.15, -0.1) is 0 Å². The molecule has 0 aliphatic carbocycles. The molecular formula is C28H31ClFN3O5S. The smallest absolute Gasteiger partial charge is 0.264 e. The Kier molecular flexibility index (Phi) is 10.3. The van der Waals surface area contributed by atoms with E-state index < -0.39 is 40.2 Å². The lowest BCUT2D eigenvalue weighted by molar-refractivity contribution is -0.139. The predicted octanol–water partition coefficient (Wildman–Crippen LogP) is 4.63. The van der Waals surface area contributed by atoms with Crippen LogP contribution < -0.4 is 14.4 Å². The molecule has 0 saturated heterocycles. The summed E-state index contributed by atoms with van der Waals surface area (Å²) in [6.07, 6.45) is 0. The topological polar surface area (TPSA) is 96.0 Å². The Bertz CT molecular complexity index is 1390. The van der Waals surface area contributed by atoms with Gasteiger partial charge in [-0.3, -0.25) is 13.9 Å². The van der Waals surface area contributed by atoms with Crippen molar-refractivity contribution in [2.24, 2.45) is 0 Å². The maximum absolute atomic E-state index is 13.8. The summed E-state index contributed by atoms with van der Waals surface area (Å²) >= 11 is 6.13. The molecule has 39 heavy (non-hydrogen) atoms. The minimum Gasteiger partial charge on any atom is -0.494 e. The fourth-order valence-corrected chi connectivity index (χ4v) is 5.50. The molecule has 0 heterocycles. The lowest BCUT2D eigenvalue weighted by Crippen LogP contribution is -2.51. The molecular weight excluding hydrogens is 545 g/mol. The molecule has 1 atom stereocenters. The van der Waals surface area contributed by atoms with Crippen LogP contribution >= 0.6 is 11.6 Å². The van der Waals surface area contributed by atoms with Crippen molar-refractivity contribution in [1.82, 2.24) is 10.2 Å². The minimum atomic E-state index is -4.28. The van der Waals surface area contributed by atoms with Gasteiger partial charge >= 0.3 is 0 Å². The minimum absolute atomic E-state index is 0.0120. The van der Waals surface area contributed by atoms with Crippen LogP contribution in [0.3, 0.4) is 0 Å². The van der Waals surface area contributed by atoms with Crippen molar-refractivity contribution in [2.45, 2.75) is 38.3 Å². The van der Waals surface area contributed by atoms with E-state index in [0.717, 1.165) is 16.4 Å². The van der Waals surface area contributed by atoms with Gasteiger partial charge in [0.25, 0.3) is 10.0 Å². The number of hydrogen-bond donors (Lipinski definition) is 1. The van der Waals surface area contributed by atoms with E-state index in [1.165, 1.54) is 41.3 Å². The fourth-order valence-electron chi connectivity index (χ4n) is 3.87. The monoisotopic (exact) mass is 575 g/mol. The van der Waals surface area contributed by atoms with E-state index in [-0.39, 0.29) is 17.1 Å². The van der Waals surface area contributed by atoms with Crippen molar-refractivity contribution in [2.75, 3.05) is 24.0 Å². The molecule has 3 aromatic rings. The van der Waals surface area contributed by atoms with Gasteiger partial charge in [0.1, 0.15) is 24.2 Å². The molecule has 0 spiro atoms. The average molecular weight is 576 g/mol. The lowest BCUT2D eigenvalue weighted by Gasteiger charge is -2.32. The van der Waals surface area contributed by atoms with Crippen LogP contribution in [-0.4, -0.2) is 50.9 Å². The van der Waals surface area contributed by atoms with Gasteiger partial charge in [0.15, 0.2) is 0 Å². The second-order valence-corrected chi connectivity index (χ2v) is 10.9. The van der Waals surface area contributed by atoms with Crippen LogP contribution in [0.4, 0.5) is 10.1 Å². The SMILES string of the molecule is CCNC(=O)[C@@H](C)N(Cc1cccc(Cl)c1)C(=O)CN(c1ccc(F)cc1)S(=O)(=O)c1ccc(OCC)cc1. The van der Waals surface area contributed by atoms with E-state index >= 15 is 0 Å². The zero-order chi connectivity index (χ0) is 28.6. The number of amides is 2. The number of sulfonamides is 1. The van der Waals surface area contributed by atoms with E-state index in [1.54, 1.807) is 38.1 Å². The number of halogens is 2. The van der Waals surface area contributed by atoms with Crippen LogP contribution in [0.2, 0.25) is 5.02 Å². The summed E-state index contributed by atoms with van der Waals surface area (Å²) in [5.41, 5.74) is 0.752. The number of hydrogen-bond acceptors (Lipinski definition) is 5. The first-order valence-electron chi connectivity index (χ1n) is 12.4. The number of nitrogens with one attached hydrogen (secondary N) is 1. The summed E-state index contributed by atoms with van der Waals surface area (Å²) in [5.74, 6) is -1.09. The first kappa shape index (κ1) is 29.9. The summed E-state index contributed by atoms with van der Waals surface area (Å²) < 4.78 is 47.6. The van der Waals surface area contributed by atoms with Crippen molar-refractivity contribution in [3.63, 3.8) is 0 Å². The summed E-state index contributed by atoms with van der Waals surface area (Å²) in [6.45, 7) is 5.28. The number of anilines is 1. The normalized spacial score (nSPS) is 11.9. The molecule has 3 aromatic carbocycles. The van der Waals surface area contributed by atoms with E-state index in [0.29, 0.717) is 29.5 Å². The van der Waals surface area contributed by atoms with E-state index in [9.17, 15) is 22.4 Å². The Morgan fingerprint density at radius 1 is 1.03 bits per heavy atom. The molecule has 0 fully saturated rings. The Morgan fingerprint density at radius 2 is 1.69 bits per heavy atom. The molecule has 0 unspecified atom stereocenters. The van der Waals surface area contributed by atoms with Gasteiger partial charge in [-0.2, -0.15) is 0 Å². The predicted molar refractivity (Wildman–Crippen MR) is 149 cm³/mol. The maximum atomic E-state index is 13.8. The van der Waals surface area contributed by atoms with E-state index in [2.05, 4.69) is 5.32 Å². The molecule has 1 N–H and O–H groups in total. The number of carbonyl (C=O) groups excluding carboxylic acids is 2. The standard InChI is InChI=1S/C28H31ClFN3O5S/c1-4-31-28(35)20(3)32(18-21-7-6-8-22(29)17-21)27(34)19-33(24-11-9-23(30)10-12-24)39(36,37)26-15-13-25(14-16-26)38-5-2/h6-17,20H,4-5,18-19H2,1-3H3,(H,31,35)/t20-/m1/s1. The van der Waals surface area contributed by atoms with Crippen LogP contribution in [-0.2, 0) is 26.2 Å². The van der Waals surface area contributed by atoms with Gasteiger partial charge in [0.05, 0.1) is 17.2 Å². The largest absolute Gasteiger partial charge is 0.494 e. The Morgan fingerprint density at radius 3 is 2.28 bits per heavy atom. The second-order valence-electron chi connectivity index (χ2n) is 8.61. The molecule has 0 aliphatic rings. The van der Waals surface area contributed by atoms with Gasteiger partial charge in [-0.25, -0.2) is 12.8 Å². The quantitative estimate of drug-likeness (QED) is 0.340. The molecule has 8 nitrogen and oxygen atoms in total. The Labute approximate surface area is 233 Å². The second kappa shape index (κ2) is 13.4. The fraction of sp³-hybridized carbons (Fsp3) is 0.286. The molecule has 0 radical (unpaired) electrons. The first-order valence-corrected chi connectivity index (χ1v) is 14.2. The molecule has 208 valence electrons. The van der Waals surface area contributed by atoms with Crippen molar-refractivity contribution < 1.29 is 27.1 Å². The zero-order valence-electron chi connectivity index (χ0n) is 21.9. The lowest BCUT2D eigenvalue weighted by atomic mass is 10.1. The van der Waals surface area contributed by atoms with Crippen LogP contribution in [0.25, 0.3) is 0 Å². The van der Waals surface area contributed by atoms with Gasteiger partial charge < -0.3 is 15.0 Å². The molecule has 3 rings (SSSR count). The number of likely N-dealkylation sites (N-methyl/N-ethyl adjacent to an activating group) is 1. The molecule has 11 heteroatoms. The average Bonchev–Trinajstić information content (AvgIpc) is 2.91. The van der Waals surface area contributed by atoms with Gasteiger partial charge in [-0.05, 0) is 87.0 Å². The molecule has 0 bridgehead atoms. The molecule has 2 amide bonds. The highest BCUT2D eigenvalue weighted by molar-refractivity contribution is 7.92. The number of ether oxygens (including phenoxy) is 1. The van der Waals surface area contributed by atoms with Gasteiger partial charge in [-0.1, -0.05) is 23.7 Å². The van der Waals surface area contributed by atoms with Crippen molar-refractivity contribution in [3.05, 3.63) is 89.2 Å². The summed E-state index contributed by atoms with van der Waals surface area (Å²) in [4.78, 5) is 27.7. The third kappa shape index (κ3) is 7.70. The van der Waals surface area contributed by atoms with Crippen LogP contribution in [0.1, 0.15) is 26.3 Å². The number of rotatable bonds is 12. The highest BCUT2D eigenvalue weighted by Crippen LogP contribution is 2.26. The third-order valence-electron chi connectivity index (χ3n) is 5.88. The van der Waals surface area contributed by atoms with E-state index in [1.807, 2.05) is 6.92 Å². The highest BCUT2D eigenvalue weighted by atomic mass is 35.5. The van der Waals surface area contributed by atoms with Gasteiger partial charge in [0, 0.05) is 18.1 Å². The third-order valence-corrected chi connectivity index (χ3v) is 7.90. The Balaban J connectivity index is 2.01. The molecule has 0 saturated carbocycles. The zero-order valence-corrected chi connectivity index (χ0v) is 23.5. The van der Waals surface area contributed by atoms with Crippen LogP contribution in [0.15, 0.2) is 77.7 Å². The first-order chi connectivity index (χ1) is 18.6. The van der Waals surface area contributed by atoms with E-state index in [4.69, 9.17) is 16.3 Å². The number of nitrogens with zero attached hydrogens (tertiary/aromatic N) is 2. The van der Waals surface area contributed by atoms with Crippen LogP contribution in [0, 0.1) is 5.82 Å². The maximum Gasteiger partial charge on any atom is 0.264 e. The van der Waals surface area contributed by atoms with Crippen molar-refractivity contribution in [3.8, 4) is 5.75 Å². The summed E-state index contributed by atoms with van der Waals surface area (Å²) in [5, 5.41) is 3.15. The van der Waals surface area contributed by atoms with Gasteiger partial charge in [0.2, 0.25) is 11.8 Å².